The van der Waals surface area contributed by atoms with Crippen LogP contribution in [0.1, 0.15) is 11.4 Å². The van der Waals surface area contributed by atoms with E-state index >= 15 is 0 Å². The average molecular weight is 194 g/mol. The van der Waals surface area contributed by atoms with Crippen LogP contribution in [0.4, 0.5) is 14.7 Å². The lowest BCUT2D eigenvalue weighted by atomic mass is 10.3. The molecule has 0 saturated carbocycles. The van der Waals surface area contributed by atoms with Gasteiger partial charge in [-0.1, -0.05) is 0 Å². The van der Waals surface area contributed by atoms with Gasteiger partial charge >= 0.3 is 5.38 Å². The fraction of sp³-hybridized carbons (Fsp3) is 0.333. The van der Waals surface area contributed by atoms with Crippen molar-refractivity contribution in [1.29, 1.82) is 0 Å². The first kappa shape index (κ1) is 9.12. The molecule has 3 nitrogen and oxygen atoms in total. The van der Waals surface area contributed by atoms with Crippen molar-refractivity contribution in [3.63, 3.8) is 0 Å². The lowest BCUT2D eigenvalue weighted by molar-refractivity contribution is 0.0899. The van der Waals surface area contributed by atoms with Gasteiger partial charge in [-0.2, -0.15) is 8.78 Å². The van der Waals surface area contributed by atoms with Crippen LogP contribution >= 0.6 is 11.6 Å². The quantitative estimate of drug-likeness (QED) is 0.690. The largest absolute Gasteiger partial charge is 0.368 e. The van der Waals surface area contributed by atoms with Crippen LogP contribution in [0, 0.1) is 6.92 Å². The number of aryl methyl sites for hydroxylation is 1. The molecule has 0 saturated heterocycles. The topological polar surface area (TPSA) is 51.8 Å². The number of alkyl halides is 3. The number of rotatable bonds is 1. The Bertz CT molecular complexity index is 277. The molecule has 0 aliphatic heterocycles. The Morgan fingerprint density at radius 3 is 2.50 bits per heavy atom. The Labute approximate surface area is 72.6 Å². The highest BCUT2D eigenvalue weighted by Gasteiger charge is 2.30. The summed E-state index contributed by atoms with van der Waals surface area (Å²) in [5.74, 6) is -0.203. The van der Waals surface area contributed by atoms with E-state index < -0.39 is 11.1 Å². The molecule has 12 heavy (non-hydrogen) atoms. The summed E-state index contributed by atoms with van der Waals surface area (Å²) < 4.78 is 24.9. The molecule has 66 valence electrons. The number of nitrogens with zero attached hydrogens (tertiary/aromatic N) is 2. The molecule has 1 aromatic rings. The van der Waals surface area contributed by atoms with Crippen molar-refractivity contribution < 1.29 is 8.78 Å². The average Bonchev–Trinajstić information content (AvgIpc) is 1.82. The third kappa shape index (κ3) is 2.01. The van der Waals surface area contributed by atoms with Crippen molar-refractivity contribution >= 4 is 17.5 Å². The molecule has 1 heterocycles. The van der Waals surface area contributed by atoms with Gasteiger partial charge in [0, 0.05) is 5.69 Å². The molecular weight excluding hydrogens is 188 g/mol. The SMILES string of the molecule is Cc1cc(C(F)(F)Cl)nc(N)n1. The second-order valence-corrected chi connectivity index (χ2v) is 2.73. The van der Waals surface area contributed by atoms with Crippen LogP contribution in [0.15, 0.2) is 6.07 Å². The minimum absolute atomic E-state index is 0.203. The monoisotopic (exact) mass is 193 g/mol. The van der Waals surface area contributed by atoms with Crippen LogP contribution in [0.2, 0.25) is 0 Å². The first-order valence-corrected chi connectivity index (χ1v) is 3.46. The van der Waals surface area contributed by atoms with E-state index in [1.54, 1.807) is 0 Å². The normalized spacial score (nSPS) is 11.7. The Kier molecular flexibility index (Phi) is 2.14. The zero-order valence-electron chi connectivity index (χ0n) is 6.18. The van der Waals surface area contributed by atoms with Gasteiger partial charge < -0.3 is 5.73 Å². The van der Waals surface area contributed by atoms with Gasteiger partial charge in [0.15, 0.2) is 0 Å². The molecule has 0 spiro atoms. The standard InChI is InChI=1S/C6H6ClF2N3/c1-3-2-4(6(7,8)9)12-5(10)11-3/h2H,1H3,(H2,10,11,12). The van der Waals surface area contributed by atoms with Gasteiger partial charge in [0.25, 0.3) is 0 Å². The van der Waals surface area contributed by atoms with Crippen molar-refractivity contribution in [2.24, 2.45) is 0 Å². The number of halogens is 3. The molecule has 0 radical (unpaired) electrons. The lowest BCUT2D eigenvalue weighted by Gasteiger charge is -2.07. The second kappa shape index (κ2) is 2.82. The number of aromatic nitrogens is 2. The van der Waals surface area contributed by atoms with Crippen LogP contribution in [-0.4, -0.2) is 9.97 Å². The molecule has 0 bridgehead atoms. The van der Waals surface area contributed by atoms with E-state index in [1.807, 2.05) is 0 Å². The molecule has 6 heteroatoms. The van der Waals surface area contributed by atoms with E-state index in [-0.39, 0.29) is 5.95 Å². The molecular formula is C6H6ClF2N3. The summed E-state index contributed by atoms with van der Waals surface area (Å²) in [4.78, 5) is 6.91. The Morgan fingerprint density at radius 2 is 2.08 bits per heavy atom. The zero-order valence-corrected chi connectivity index (χ0v) is 6.94. The summed E-state index contributed by atoms with van der Waals surface area (Å²) in [5.41, 5.74) is 4.93. The predicted octanol–water partition coefficient (Wildman–Crippen LogP) is 1.66. The van der Waals surface area contributed by atoms with Crippen molar-refractivity contribution in [2.75, 3.05) is 5.73 Å². The maximum Gasteiger partial charge on any atom is 0.364 e. The number of nitrogens with two attached hydrogens (primary N) is 1. The van der Waals surface area contributed by atoms with Crippen LogP contribution in [0.3, 0.4) is 0 Å². The first-order chi connectivity index (χ1) is 5.39. The molecule has 2 N–H and O–H groups in total. The van der Waals surface area contributed by atoms with Crippen LogP contribution in [-0.2, 0) is 5.38 Å². The Hall–Kier alpha value is -0.970. The van der Waals surface area contributed by atoms with Gasteiger partial charge in [0.05, 0.1) is 0 Å². The summed E-state index contributed by atoms with van der Waals surface area (Å²) in [6.07, 6.45) is 0. The summed E-state index contributed by atoms with van der Waals surface area (Å²) in [6.45, 7) is 1.53. The van der Waals surface area contributed by atoms with E-state index in [4.69, 9.17) is 17.3 Å². The van der Waals surface area contributed by atoms with E-state index in [9.17, 15) is 8.78 Å². The molecule has 0 unspecified atom stereocenters. The second-order valence-electron chi connectivity index (χ2n) is 2.25. The van der Waals surface area contributed by atoms with Crippen molar-refractivity contribution in [1.82, 2.24) is 9.97 Å². The fourth-order valence-electron chi connectivity index (χ4n) is 0.737. The highest BCUT2D eigenvalue weighted by atomic mass is 35.5. The maximum absolute atomic E-state index is 12.4. The third-order valence-corrected chi connectivity index (χ3v) is 1.36. The summed E-state index contributed by atoms with van der Waals surface area (Å²) in [7, 11) is 0. The van der Waals surface area contributed by atoms with E-state index in [0.29, 0.717) is 5.69 Å². The summed E-state index contributed by atoms with van der Waals surface area (Å²) in [5, 5.41) is -3.48. The van der Waals surface area contributed by atoms with Crippen molar-refractivity contribution in [3.05, 3.63) is 17.5 Å². The van der Waals surface area contributed by atoms with Gasteiger partial charge in [-0.15, -0.1) is 0 Å². The highest BCUT2D eigenvalue weighted by molar-refractivity contribution is 6.21. The van der Waals surface area contributed by atoms with Gasteiger partial charge in [-0.05, 0) is 24.6 Å². The molecule has 0 atom stereocenters. The molecule has 1 rings (SSSR count). The van der Waals surface area contributed by atoms with E-state index in [0.717, 1.165) is 6.07 Å². The molecule has 0 aliphatic rings. The molecule has 1 aromatic heterocycles. The molecule has 0 aromatic carbocycles. The first-order valence-electron chi connectivity index (χ1n) is 3.08. The Morgan fingerprint density at radius 1 is 1.50 bits per heavy atom. The summed E-state index contributed by atoms with van der Waals surface area (Å²) >= 11 is 4.72. The molecule has 0 amide bonds. The number of anilines is 1. The maximum atomic E-state index is 12.4. The van der Waals surface area contributed by atoms with E-state index in [1.165, 1.54) is 6.92 Å². The highest BCUT2D eigenvalue weighted by Crippen LogP contribution is 2.30. The minimum atomic E-state index is -3.48. The van der Waals surface area contributed by atoms with Crippen molar-refractivity contribution in [3.8, 4) is 0 Å². The van der Waals surface area contributed by atoms with Crippen LogP contribution < -0.4 is 5.73 Å². The smallest absolute Gasteiger partial charge is 0.364 e. The Balaban J connectivity index is 3.18. The fourth-order valence-corrected chi connectivity index (χ4v) is 0.834. The van der Waals surface area contributed by atoms with Gasteiger partial charge in [-0.3, -0.25) is 0 Å². The van der Waals surface area contributed by atoms with Crippen molar-refractivity contribution in [2.45, 2.75) is 12.3 Å². The van der Waals surface area contributed by atoms with E-state index in [2.05, 4.69) is 9.97 Å². The van der Waals surface area contributed by atoms with Crippen LogP contribution in [0.5, 0.6) is 0 Å². The third-order valence-electron chi connectivity index (χ3n) is 1.16. The zero-order chi connectivity index (χ0) is 9.35. The summed E-state index contributed by atoms with van der Waals surface area (Å²) in [6, 6.07) is 1.09. The number of hydrogen-bond acceptors (Lipinski definition) is 3. The number of nitrogen functional groups attached to an aromatic ring is 1. The van der Waals surface area contributed by atoms with Gasteiger partial charge in [0.2, 0.25) is 5.95 Å². The molecule has 0 aliphatic carbocycles. The minimum Gasteiger partial charge on any atom is -0.368 e. The predicted molar refractivity (Wildman–Crippen MR) is 40.9 cm³/mol. The van der Waals surface area contributed by atoms with Gasteiger partial charge in [-0.25, -0.2) is 9.97 Å². The molecule has 0 fully saturated rings. The van der Waals surface area contributed by atoms with Crippen LogP contribution in [0.25, 0.3) is 0 Å². The van der Waals surface area contributed by atoms with Gasteiger partial charge in [0.1, 0.15) is 5.69 Å². The number of hydrogen-bond donors (Lipinski definition) is 1. The lowest BCUT2D eigenvalue weighted by Crippen LogP contribution is -2.10.